The fourth-order valence-electron chi connectivity index (χ4n) is 2.90. The molecule has 0 bridgehead atoms. The first-order valence-electron chi connectivity index (χ1n) is 8.07. The zero-order valence-electron chi connectivity index (χ0n) is 13.5. The summed E-state index contributed by atoms with van der Waals surface area (Å²) in [6.45, 7) is 3.91. The third-order valence-corrected chi connectivity index (χ3v) is 4.25. The van der Waals surface area contributed by atoms with Gasteiger partial charge in [-0.15, -0.1) is 0 Å². The molecule has 122 valence electrons. The maximum Gasteiger partial charge on any atom is 0.232 e. The van der Waals surface area contributed by atoms with Gasteiger partial charge >= 0.3 is 0 Å². The van der Waals surface area contributed by atoms with E-state index >= 15 is 0 Å². The molecule has 2 heterocycles. The second-order valence-electron chi connectivity index (χ2n) is 5.93. The molecule has 1 aromatic carbocycles. The Morgan fingerprint density at radius 2 is 2.09 bits per heavy atom. The molecule has 23 heavy (non-hydrogen) atoms. The zero-order chi connectivity index (χ0) is 15.9. The van der Waals surface area contributed by atoms with Gasteiger partial charge in [0.15, 0.2) is 0 Å². The van der Waals surface area contributed by atoms with Crippen molar-refractivity contribution in [3.8, 4) is 11.6 Å². The van der Waals surface area contributed by atoms with Crippen molar-refractivity contribution in [2.45, 2.75) is 19.4 Å². The van der Waals surface area contributed by atoms with Gasteiger partial charge in [-0.3, -0.25) is 9.88 Å². The van der Waals surface area contributed by atoms with Gasteiger partial charge in [0.1, 0.15) is 5.75 Å². The van der Waals surface area contributed by atoms with Gasteiger partial charge in [-0.2, -0.15) is 0 Å². The first kappa shape index (κ1) is 15.7. The van der Waals surface area contributed by atoms with E-state index in [0.29, 0.717) is 11.8 Å². The number of likely N-dealkylation sites (tertiary alicyclic amines) is 1. The van der Waals surface area contributed by atoms with Crippen molar-refractivity contribution in [3.63, 3.8) is 0 Å². The number of nitrogens with zero attached hydrogens (tertiary/aromatic N) is 3. The molecule has 5 heteroatoms. The topological polar surface area (TPSA) is 47.5 Å². The number of benzene rings is 1. The molecule has 0 radical (unpaired) electrons. The van der Waals surface area contributed by atoms with E-state index in [9.17, 15) is 0 Å². The maximum absolute atomic E-state index is 5.72. The number of methoxy groups -OCH3 is 1. The number of hydrogen-bond acceptors (Lipinski definition) is 5. The van der Waals surface area contributed by atoms with Crippen molar-refractivity contribution in [1.29, 1.82) is 0 Å². The van der Waals surface area contributed by atoms with E-state index in [-0.39, 0.29) is 0 Å². The monoisotopic (exact) mass is 313 g/mol. The molecule has 0 unspecified atom stereocenters. The second-order valence-corrected chi connectivity index (χ2v) is 5.93. The van der Waals surface area contributed by atoms with Crippen LogP contribution in [0.5, 0.6) is 11.6 Å². The molecule has 1 saturated heterocycles. The molecule has 1 aliphatic heterocycles. The van der Waals surface area contributed by atoms with E-state index in [2.05, 4.69) is 33.1 Å². The fraction of sp³-hybridized carbons (Fsp3) is 0.444. The molecule has 0 amide bonds. The highest BCUT2D eigenvalue weighted by molar-refractivity contribution is 5.28. The number of hydrogen-bond donors (Lipinski definition) is 0. The summed E-state index contributed by atoms with van der Waals surface area (Å²) in [5, 5.41) is 0. The van der Waals surface area contributed by atoms with Gasteiger partial charge < -0.3 is 9.47 Å². The van der Waals surface area contributed by atoms with Crippen molar-refractivity contribution in [2.75, 3.05) is 26.8 Å². The summed E-state index contributed by atoms with van der Waals surface area (Å²) in [6.07, 6.45) is 7.29. The first-order chi connectivity index (χ1) is 11.3. The highest BCUT2D eigenvalue weighted by Crippen LogP contribution is 2.21. The van der Waals surface area contributed by atoms with Gasteiger partial charge in [0.2, 0.25) is 5.88 Å². The van der Waals surface area contributed by atoms with E-state index in [1.165, 1.54) is 5.56 Å². The Balaban J connectivity index is 1.43. The molecular weight excluding hydrogens is 290 g/mol. The first-order valence-corrected chi connectivity index (χ1v) is 8.07. The van der Waals surface area contributed by atoms with Crippen molar-refractivity contribution in [2.24, 2.45) is 5.92 Å². The number of rotatable bonds is 6. The third-order valence-electron chi connectivity index (χ3n) is 4.25. The molecule has 0 saturated carbocycles. The molecule has 2 aromatic rings. The van der Waals surface area contributed by atoms with Crippen molar-refractivity contribution in [1.82, 2.24) is 14.9 Å². The number of aromatic nitrogens is 2. The minimum absolute atomic E-state index is 0.596. The van der Waals surface area contributed by atoms with E-state index in [0.717, 1.165) is 44.8 Å². The van der Waals surface area contributed by atoms with Gasteiger partial charge in [0, 0.05) is 18.9 Å². The number of ether oxygens (including phenoxy) is 2. The third kappa shape index (κ3) is 4.66. The van der Waals surface area contributed by atoms with Crippen LogP contribution < -0.4 is 9.47 Å². The Bertz CT molecular complexity index is 598. The summed E-state index contributed by atoms with van der Waals surface area (Å²) >= 11 is 0. The van der Waals surface area contributed by atoms with Crippen LogP contribution in [0.1, 0.15) is 18.4 Å². The standard InChI is InChI=1S/C18H23N3O2/c1-22-17-4-2-3-16(11-17)13-21-9-5-15(6-10-21)14-23-18-12-19-7-8-20-18/h2-4,7-8,11-12,15H,5-6,9-10,13-14H2,1H3. The second kappa shape index (κ2) is 7.92. The number of piperidine rings is 1. The zero-order valence-corrected chi connectivity index (χ0v) is 13.5. The Morgan fingerprint density at radius 1 is 1.22 bits per heavy atom. The Labute approximate surface area is 137 Å². The van der Waals surface area contributed by atoms with Gasteiger partial charge in [0.25, 0.3) is 0 Å². The van der Waals surface area contributed by atoms with Crippen molar-refractivity contribution < 1.29 is 9.47 Å². The van der Waals surface area contributed by atoms with Crippen molar-refractivity contribution >= 4 is 0 Å². The Morgan fingerprint density at radius 3 is 2.83 bits per heavy atom. The molecule has 1 aliphatic rings. The summed E-state index contributed by atoms with van der Waals surface area (Å²) in [7, 11) is 1.71. The lowest BCUT2D eigenvalue weighted by molar-refractivity contribution is 0.134. The minimum atomic E-state index is 0.596. The predicted octanol–water partition coefficient (Wildman–Crippen LogP) is 2.78. The summed E-state index contributed by atoms with van der Waals surface area (Å²) < 4.78 is 11.0. The average Bonchev–Trinajstić information content (AvgIpc) is 2.62. The van der Waals surface area contributed by atoms with Gasteiger partial charge in [0.05, 0.1) is 19.9 Å². The van der Waals surface area contributed by atoms with Crippen LogP contribution in [0.2, 0.25) is 0 Å². The van der Waals surface area contributed by atoms with E-state index in [1.54, 1.807) is 25.7 Å². The quantitative estimate of drug-likeness (QED) is 0.820. The molecule has 0 atom stereocenters. The van der Waals surface area contributed by atoms with Gasteiger partial charge in [-0.1, -0.05) is 12.1 Å². The summed E-state index contributed by atoms with van der Waals surface area (Å²) in [5.41, 5.74) is 1.30. The average molecular weight is 313 g/mol. The molecule has 1 aromatic heterocycles. The predicted molar refractivity (Wildman–Crippen MR) is 88.5 cm³/mol. The van der Waals surface area contributed by atoms with Gasteiger partial charge in [-0.25, -0.2) is 4.98 Å². The van der Waals surface area contributed by atoms with Crippen LogP contribution >= 0.6 is 0 Å². The van der Waals surface area contributed by atoms with Gasteiger partial charge in [-0.05, 0) is 49.5 Å². The summed E-state index contributed by atoms with van der Waals surface area (Å²) in [6, 6.07) is 8.31. The molecule has 3 rings (SSSR count). The molecule has 0 N–H and O–H groups in total. The van der Waals surface area contributed by atoms with Crippen molar-refractivity contribution in [3.05, 3.63) is 48.4 Å². The minimum Gasteiger partial charge on any atom is -0.497 e. The maximum atomic E-state index is 5.72. The van der Waals surface area contributed by atoms with Crippen LogP contribution in [-0.2, 0) is 6.54 Å². The largest absolute Gasteiger partial charge is 0.497 e. The fourth-order valence-corrected chi connectivity index (χ4v) is 2.90. The Hall–Kier alpha value is -2.14. The van der Waals surface area contributed by atoms with Crippen LogP contribution in [-0.4, -0.2) is 41.7 Å². The van der Waals surface area contributed by atoms with Crippen LogP contribution in [0.15, 0.2) is 42.9 Å². The summed E-state index contributed by atoms with van der Waals surface area (Å²) in [4.78, 5) is 10.7. The van der Waals surface area contributed by atoms with Crippen LogP contribution in [0.3, 0.4) is 0 Å². The van der Waals surface area contributed by atoms with E-state index in [4.69, 9.17) is 9.47 Å². The van der Waals surface area contributed by atoms with Crippen LogP contribution in [0.25, 0.3) is 0 Å². The van der Waals surface area contributed by atoms with Crippen LogP contribution in [0, 0.1) is 5.92 Å². The van der Waals surface area contributed by atoms with E-state index in [1.807, 2.05) is 6.07 Å². The normalized spacial score (nSPS) is 16.2. The Kier molecular flexibility index (Phi) is 5.42. The molecule has 0 spiro atoms. The smallest absolute Gasteiger partial charge is 0.232 e. The lowest BCUT2D eigenvalue weighted by atomic mass is 9.97. The molecule has 5 nitrogen and oxygen atoms in total. The lowest BCUT2D eigenvalue weighted by Gasteiger charge is -2.31. The van der Waals surface area contributed by atoms with E-state index < -0.39 is 0 Å². The molecule has 0 aliphatic carbocycles. The molecular formula is C18H23N3O2. The van der Waals surface area contributed by atoms with Crippen LogP contribution in [0.4, 0.5) is 0 Å². The summed E-state index contributed by atoms with van der Waals surface area (Å²) in [5.74, 6) is 2.14. The highest BCUT2D eigenvalue weighted by atomic mass is 16.5. The lowest BCUT2D eigenvalue weighted by Crippen LogP contribution is -2.35. The molecule has 1 fully saturated rings. The SMILES string of the molecule is COc1cccc(CN2CCC(COc3cnccn3)CC2)c1. The highest BCUT2D eigenvalue weighted by Gasteiger charge is 2.20.